The van der Waals surface area contributed by atoms with Crippen LogP contribution in [0.1, 0.15) is 31.2 Å². The summed E-state index contributed by atoms with van der Waals surface area (Å²) in [5.74, 6) is -2.20. The maximum atomic E-state index is 13.2. The van der Waals surface area contributed by atoms with Crippen molar-refractivity contribution in [1.29, 1.82) is 0 Å². The van der Waals surface area contributed by atoms with Crippen molar-refractivity contribution in [3.63, 3.8) is 0 Å². The maximum Gasteiger partial charge on any atom is 0.391 e. The molecule has 2 rings (SSSR count). The molecule has 0 amide bonds. The number of hydrogen-bond donors (Lipinski definition) is 1. The minimum absolute atomic E-state index is 0.0151. The van der Waals surface area contributed by atoms with E-state index < -0.39 is 29.9 Å². The Morgan fingerprint density at radius 2 is 2.00 bits per heavy atom. The van der Waals surface area contributed by atoms with Gasteiger partial charge in [0.1, 0.15) is 5.82 Å². The van der Waals surface area contributed by atoms with Crippen molar-refractivity contribution < 1.29 is 22.7 Å². The molecule has 1 aliphatic rings. The van der Waals surface area contributed by atoms with Crippen LogP contribution in [0.3, 0.4) is 0 Å². The van der Waals surface area contributed by atoms with Gasteiger partial charge in [0.25, 0.3) is 0 Å². The van der Waals surface area contributed by atoms with Gasteiger partial charge >= 0.3 is 6.18 Å². The molecule has 1 fully saturated rings. The summed E-state index contributed by atoms with van der Waals surface area (Å²) < 4.78 is 51.5. The Kier molecular flexibility index (Phi) is 3.80. The first-order valence-electron chi connectivity index (χ1n) is 5.97. The lowest BCUT2D eigenvalue weighted by molar-refractivity contribution is -0.201. The van der Waals surface area contributed by atoms with E-state index in [9.17, 15) is 22.7 Å². The van der Waals surface area contributed by atoms with Gasteiger partial charge in [-0.1, -0.05) is 11.6 Å². The van der Waals surface area contributed by atoms with Gasteiger partial charge in [-0.05, 0) is 43.9 Å². The molecular weight excluding hydrogens is 284 g/mol. The van der Waals surface area contributed by atoms with Gasteiger partial charge in [-0.3, -0.25) is 0 Å². The van der Waals surface area contributed by atoms with Gasteiger partial charge in [0.2, 0.25) is 0 Å². The molecule has 0 spiro atoms. The predicted octanol–water partition coefficient (Wildman–Crippen LogP) is 4.42. The maximum absolute atomic E-state index is 13.2. The fourth-order valence-corrected chi connectivity index (χ4v) is 2.92. The highest BCUT2D eigenvalue weighted by molar-refractivity contribution is 6.31. The van der Waals surface area contributed by atoms with Crippen molar-refractivity contribution in [2.75, 3.05) is 0 Å². The van der Waals surface area contributed by atoms with Crippen molar-refractivity contribution in [2.45, 2.75) is 37.5 Å². The van der Waals surface area contributed by atoms with Gasteiger partial charge in [0.05, 0.1) is 11.5 Å². The minimum atomic E-state index is -4.35. The topological polar surface area (TPSA) is 20.2 Å². The number of aliphatic hydroxyl groups is 1. The molecule has 6 heteroatoms. The normalized spacial score (nSPS) is 28.4. The second-order valence-corrected chi connectivity index (χ2v) is 5.40. The van der Waals surface area contributed by atoms with Crippen molar-refractivity contribution in [1.82, 2.24) is 0 Å². The van der Waals surface area contributed by atoms with E-state index in [4.69, 9.17) is 11.6 Å². The van der Waals surface area contributed by atoms with Gasteiger partial charge in [0, 0.05) is 10.6 Å². The Labute approximate surface area is 113 Å². The number of rotatable bonds is 1. The summed E-state index contributed by atoms with van der Waals surface area (Å²) >= 11 is 5.87. The smallest absolute Gasteiger partial charge is 0.385 e. The zero-order valence-corrected chi connectivity index (χ0v) is 10.7. The Morgan fingerprint density at radius 3 is 2.63 bits per heavy atom. The molecule has 1 N–H and O–H groups in total. The van der Waals surface area contributed by atoms with E-state index in [0.717, 1.165) is 12.1 Å². The number of benzene rings is 1. The van der Waals surface area contributed by atoms with Gasteiger partial charge in [0.15, 0.2) is 0 Å². The molecule has 19 heavy (non-hydrogen) atoms. The summed E-state index contributed by atoms with van der Waals surface area (Å²) in [4.78, 5) is 0. The average molecular weight is 297 g/mol. The first kappa shape index (κ1) is 14.6. The summed E-state index contributed by atoms with van der Waals surface area (Å²) in [5, 5.41) is 10.5. The SMILES string of the molecule is OC1(c2cc(F)ccc2Cl)CCCC(C(F)(F)F)C1. The fourth-order valence-electron chi connectivity index (χ4n) is 2.63. The van der Waals surface area contributed by atoms with Crippen LogP contribution >= 0.6 is 11.6 Å². The second-order valence-electron chi connectivity index (χ2n) is 4.99. The Hall–Kier alpha value is -0.810. The molecule has 0 radical (unpaired) electrons. The third kappa shape index (κ3) is 3.03. The number of halogens is 5. The molecule has 1 aromatic rings. The van der Waals surface area contributed by atoms with Gasteiger partial charge in [-0.2, -0.15) is 13.2 Å². The van der Waals surface area contributed by atoms with Gasteiger partial charge in [-0.15, -0.1) is 0 Å². The van der Waals surface area contributed by atoms with E-state index in [1.165, 1.54) is 6.07 Å². The zero-order valence-electron chi connectivity index (χ0n) is 9.97. The molecule has 0 aliphatic heterocycles. The van der Waals surface area contributed by atoms with Crippen LogP contribution in [0.25, 0.3) is 0 Å². The third-order valence-corrected chi connectivity index (χ3v) is 3.95. The van der Waals surface area contributed by atoms with Crippen molar-refractivity contribution in [3.8, 4) is 0 Å². The predicted molar refractivity (Wildman–Crippen MR) is 63.3 cm³/mol. The Balaban J connectivity index is 2.34. The van der Waals surface area contributed by atoms with Crippen LogP contribution in [0.2, 0.25) is 5.02 Å². The van der Waals surface area contributed by atoms with Crippen molar-refractivity contribution in [3.05, 3.63) is 34.6 Å². The van der Waals surface area contributed by atoms with Crippen LogP contribution < -0.4 is 0 Å². The summed E-state index contributed by atoms with van der Waals surface area (Å²) in [6, 6.07) is 3.38. The fraction of sp³-hybridized carbons (Fsp3) is 0.538. The van der Waals surface area contributed by atoms with Crippen molar-refractivity contribution in [2.24, 2.45) is 5.92 Å². The summed E-state index contributed by atoms with van der Waals surface area (Å²) in [5.41, 5.74) is -1.67. The molecule has 1 aliphatic carbocycles. The minimum Gasteiger partial charge on any atom is -0.385 e. The Morgan fingerprint density at radius 1 is 1.32 bits per heavy atom. The summed E-state index contributed by atoms with van der Waals surface area (Å²) in [7, 11) is 0. The zero-order chi connectivity index (χ0) is 14.3. The third-order valence-electron chi connectivity index (χ3n) is 3.62. The average Bonchev–Trinajstić information content (AvgIpc) is 2.31. The van der Waals surface area contributed by atoms with E-state index in [0.29, 0.717) is 0 Å². The van der Waals surface area contributed by atoms with E-state index >= 15 is 0 Å². The molecule has 0 saturated heterocycles. The lowest BCUT2D eigenvalue weighted by Gasteiger charge is -2.38. The second kappa shape index (κ2) is 4.94. The summed E-state index contributed by atoms with van der Waals surface area (Å²) in [6.45, 7) is 0. The molecule has 2 atom stereocenters. The largest absolute Gasteiger partial charge is 0.391 e. The van der Waals surface area contributed by atoms with Crippen LogP contribution in [0.5, 0.6) is 0 Å². The highest BCUT2D eigenvalue weighted by Crippen LogP contribution is 2.47. The van der Waals surface area contributed by atoms with E-state index in [1.807, 2.05) is 0 Å². The molecule has 1 aromatic carbocycles. The standard InChI is InChI=1S/C13H13ClF4O/c14-11-4-3-9(15)6-10(11)12(19)5-1-2-8(7-12)13(16,17)18/h3-4,6,8,19H,1-2,5,7H2. The van der Waals surface area contributed by atoms with E-state index in [2.05, 4.69) is 0 Å². The van der Waals surface area contributed by atoms with Crippen LogP contribution in [0.4, 0.5) is 17.6 Å². The van der Waals surface area contributed by atoms with Gasteiger partial charge < -0.3 is 5.11 Å². The van der Waals surface area contributed by atoms with Crippen LogP contribution in [0.15, 0.2) is 18.2 Å². The molecule has 106 valence electrons. The monoisotopic (exact) mass is 296 g/mol. The number of hydrogen-bond acceptors (Lipinski definition) is 1. The van der Waals surface area contributed by atoms with Crippen LogP contribution in [-0.4, -0.2) is 11.3 Å². The van der Waals surface area contributed by atoms with Crippen LogP contribution in [-0.2, 0) is 5.60 Å². The van der Waals surface area contributed by atoms with E-state index in [-0.39, 0.29) is 29.8 Å². The quantitative estimate of drug-likeness (QED) is 0.761. The van der Waals surface area contributed by atoms with Crippen molar-refractivity contribution >= 4 is 11.6 Å². The molecule has 2 unspecified atom stereocenters. The lowest BCUT2D eigenvalue weighted by Crippen LogP contribution is -2.38. The Bertz CT molecular complexity index is 474. The molecular formula is C13H13ClF4O. The number of alkyl halides is 3. The first-order chi connectivity index (χ1) is 8.72. The molecule has 1 nitrogen and oxygen atoms in total. The first-order valence-corrected chi connectivity index (χ1v) is 6.35. The lowest BCUT2D eigenvalue weighted by atomic mass is 9.74. The molecule has 1 saturated carbocycles. The van der Waals surface area contributed by atoms with Gasteiger partial charge in [-0.25, -0.2) is 4.39 Å². The molecule has 0 bridgehead atoms. The summed E-state index contributed by atoms with van der Waals surface area (Å²) in [6.07, 6.45) is -4.46. The van der Waals surface area contributed by atoms with Crippen LogP contribution in [0, 0.1) is 11.7 Å². The highest BCUT2D eigenvalue weighted by atomic mass is 35.5. The molecule has 0 aromatic heterocycles. The van der Waals surface area contributed by atoms with E-state index in [1.54, 1.807) is 0 Å². The highest BCUT2D eigenvalue weighted by Gasteiger charge is 2.48. The molecule has 0 heterocycles.